The van der Waals surface area contributed by atoms with Crippen LogP contribution in [0.15, 0.2) is 24.5 Å². The van der Waals surface area contributed by atoms with Crippen molar-refractivity contribution in [2.75, 3.05) is 18.6 Å². The van der Waals surface area contributed by atoms with Crippen LogP contribution in [0.3, 0.4) is 0 Å². The van der Waals surface area contributed by atoms with Gasteiger partial charge >= 0.3 is 0 Å². The second-order valence-corrected chi connectivity index (χ2v) is 5.33. The van der Waals surface area contributed by atoms with Crippen molar-refractivity contribution in [3.05, 3.63) is 24.5 Å². The number of nitrogens with zero attached hydrogens (tertiary/aromatic N) is 3. The van der Waals surface area contributed by atoms with Gasteiger partial charge in [-0.1, -0.05) is 0 Å². The molecule has 5 heteroatoms. The van der Waals surface area contributed by atoms with Crippen LogP contribution in [-0.2, 0) is 11.8 Å². The summed E-state index contributed by atoms with van der Waals surface area (Å²) in [5, 5.41) is 9.33. The summed E-state index contributed by atoms with van der Waals surface area (Å²) in [6.45, 7) is -0.0675. The summed E-state index contributed by atoms with van der Waals surface area (Å²) in [6.07, 6.45) is 3.31. The molecule has 1 fully saturated rings. The number of aliphatic hydroxyl groups excluding tert-OH is 1. The summed E-state index contributed by atoms with van der Waals surface area (Å²) < 4.78 is 1.94. The Kier molecular flexibility index (Phi) is 2.60. The maximum absolute atomic E-state index is 12.3. The molecule has 1 heterocycles. The number of aromatic nitrogens is 2. The minimum atomic E-state index is -0.534. The number of amides is 1. The lowest BCUT2D eigenvalue weighted by Crippen LogP contribution is -2.36. The molecule has 1 saturated carbocycles. The molecule has 2 aromatic rings. The van der Waals surface area contributed by atoms with E-state index in [1.165, 1.54) is 0 Å². The van der Waals surface area contributed by atoms with Gasteiger partial charge in [-0.2, -0.15) is 0 Å². The minimum absolute atomic E-state index is 0.00900. The highest BCUT2D eigenvalue weighted by Crippen LogP contribution is 2.47. The smallest absolute Gasteiger partial charge is 0.235 e. The van der Waals surface area contributed by atoms with Crippen molar-refractivity contribution in [1.82, 2.24) is 9.55 Å². The first-order valence-electron chi connectivity index (χ1n) is 6.37. The molecule has 5 nitrogen and oxygen atoms in total. The third-order valence-corrected chi connectivity index (χ3v) is 4.01. The third-order valence-electron chi connectivity index (χ3n) is 4.01. The number of imidazole rings is 1. The van der Waals surface area contributed by atoms with Crippen molar-refractivity contribution >= 4 is 22.6 Å². The number of carbonyl (C=O) groups excluding carboxylic acids is 1. The molecule has 1 amide bonds. The minimum Gasteiger partial charge on any atom is -0.395 e. The van der Waals surface area contributed by atoms with Crippen LogP contribution in [0.4, 0.5) is 5.69 Å². The highest BCUT2D eigenvalue weighted by Gasteiger charge is 2.50. The Morgan fingerprint density at radius 1 is 1.53 bits per heavy atom. The van der Waals surface area contributed by atoms with Crippen molar-refractivity contribution in [3.63, 3.8) is 0 Å². The molecule has 3 rings (SSSR count). The molecule has 0 bridgehead atoms. The zero-order chi connectivity index (χ0) is 13.6. The van der Waals surface area contributed by atoms with Crippen LogP contribution in [-0.4, -0.2) is 34.2 Å². The van der Waals surface area contributed by atoms with E-state index in [0.717, 1.165) is 29.6 Å². The lowest BCUT2D eigenvalue weighted by Gasteiger charge is -2.22. The summed E-state index contributed by atoms with van der Waals surface area (Å²) in [7, 11) is 3.69. The van der Waals surface area contributed by atoms with E-state index in [0.29, 0.717) is 0 Å². The van der Waals surface area contributed by atoms with E-state index in [2.05, 4.69) is 4.98 Å². The van der Waals surface area contributed by atoms with Gasteiger partial charge in [-0.3, -0.25) is 4.79 Å². The molecule has 0 spiro atoms. The van der Waals surface area contributed by atoms with Gasteiger partial charge in [0.2, 0.25) is 5.91 Å². The van der Waals surface area contributed by atoms with Gasteiger partial charge in [0.1, 0.15) is 0 Å². The number of benzene rings is 1. The summed E-state index contributed by atoms with van der Waals surface area (Å²) in [6, 6.07) is 5.77. The molecular formula is C14H17N3O2. The predicted molar refractivity (Wildman–Crippen MR) is 72.9 cm³/mol. The van der Waals surface area contributed by atoms with E-state index in [9.17, 15) is 9.90 Å². The SMILES string of the molecule is CN(C(=O)C1(CO)CC1)c1ccc2c(c1)ncn2C. The maximum Gasteiger partial charge on any atom is 0.235 e. The number of fused-ring (bicyclic) bond motifs is 1. The molecule has 1 N–H and O–H groups in total. The third kappa shape index (κ3) is 1.81. The molecule has 1 aromatic carbocycles. The van der Waals surface area contributed by atoms with Crippen molar-refractivity contribution in [2.45, 2.75) is 12.8 Å². The zero-order valence-corrected chi connectivity index (χ0v) is 11.1. The molecule has 100 valence electrons. The first-order chi connectivity index (χ1) is 9.07. The Bertz CT molecular complexity index is 643. The number of hydrogen-bond donors (Lipinski definition) is 1. The van der Waals surface area contributed by atoms with Crippen LogP contribution in [0.1, 0.15) is 12.8 Å². The van der Waals surface area contributed by atoms with Gasteiger partial charge in [0.15, 0.2) is 0 Å². The molecule has 0 unspecified atom stereocenters. The van der Waals surface area contributed by atoms with E-state index in [-0.39, 0.29) is 12.5 Å². The van der Waals surface area contributed by atoms with Gasteiger partial charge in [0.05, 0.1) is 29.4 Å². The standard InChI is InChI=1S/C14H17N3O2/c1-16-9-15-11-7-10(3-4-12(11)16)17(2)13(19)14(8-18)5-6-14/h3-4,7,9,18H,5-6,8H2,1-2H3. The molecule has 0 saturated heterocycles. The van der Waals surface area contributed by atoms with Crippen LogP contribution < -0.4 is 4.90 Å². The molecule has 19 heavy (non-hydrogen) atoms. The summed E-state index contributed by atoms with van der Waals surface area (Å²) >= 11 is 0. The zero-order valence-electron chi connectivity index (χ0n) is 11.1. The van der Waals surface area contributed by atoms with Gasteiger partial charge < -0.3 is 14.6 Å². The number of rotatable bonds is 3. The number of aliphatic hydroxyl groups is 1. The Hall–Kier alpha value is -1.88. The van der Waals surface area contributed by atoms with Gasteiger partial charge in [-0.25, -0.2) is 4.98 Å². The summed E-state index contributed by atoms with van der Waals surface area (Å²) in [5.74, 6) is -0.00900. The number of anilines is 1. The first-order valence-corrected chi connectivity index (χ1v) is 6.37. The van der Waals surface area contributed by atoms with Crippen LogP contribution in [0.2, 0.25) is 0 Å². The second kappa shape index (κ2) is 4.06. The van der Waals surface area contributed by atoms with Crippen LogP contribution in [0.25, 0.3) is 11.0 Å². The summed E-state index contributed by atoms with van der Waals surface area (Å²) in [4.78, 5) is 18.3. The molecule has 1 aliphatic rings. The van der Waals surface area contributed by atoms with Crippen LogP contribution in [0.5, 0.6) is 0 Å². The topological polar surface area (TPSA) is 58.4 Å². The summed E-state index contributed by atoms with van der Waals surface area (Å²) in [5.41, 5.74) is 2.19. The first kappa shape index (κ1) is 12.2. The predicted octanol–water partition coefficient (Wildman–Crippen LogP) is 1.31. The maximum atomic E-state index is 12.3. The number of hydrogen-bond acceptors (Lipinski definition) is 3. The average molecular weight is 259 g/mol. The largest absolute Gasteiger partial charge is 0.395 e. The Balaban J connectivity index is 1.93. The normalized spacial score (nSPS) is 16.6. The van der Waals surface area contributed by atoms with Crippen LogP contribution in [0, 0.1) is 5.41 Å². The highest BCUT2D eigenvalue weighted by molar-refractivity contribution is 6.00. The molecule has 0 radical (unpaired) electrons. The van der Waals surface area contributed by atoms with E-state index < -0.39 is 5.41 Å². The Morgan fingerprint density at radius 3 is 2.89 bits per heavy atom. The Labute approximate surface area is 111 Å². The fourth-order valence-electron chi connectivity index (χ4n) is 2.40. The van der Waals surface area contributed by atoms with E-state index in [4.69, 9.17) is 0 Å². The molecule has 1 aromatic heterocycles. The van der Waals surface area contributed by atoms with E-state index in [1.807, 2.05) is 29.8 Å². The van der Waals surface area contributed by atoms with Crippen molar-refractivity contribution < 1.29 is 9.90 Å². The number of carbonyl (C=O) groups is 1. The number of aryl methyl sites for hydroxylation is 1. The van der Waals surface area contributed by atoms with Crippen molar-refractivity contribution in [2.24, 2.45) is 12.5 Å². The van der Waals surface area contributed by atoms with E-state index in [1.54, 1.807) is 18.3 Å². The van der Waals surface area contributed by atoms with Crippen LogP contribution >= 0.6 is 0 Å². The van der Waals surface area contributed by atoms with Crippen molar-refractivity contribution in [3.8, 4) is 0 Å². The lowest BCUT2D eigenvalue weighted by atomic mass is 10.1. The van der Waals surface area contributed by atoms with Gasteiger partial charge in [-0.15, -0.1) is 0 Å². The lowest BCUT2D eigenvalue weighted by molar-refractivity contribution is -0.124. The molecular weight excluding hydrogens is 242 g/mol. The monoisotopic (exact) mass is 259 g/mol. The Morgan fingerprint density at radius 2 is 2.26 bits per heavy atom. The quantitative estimate of drug-likeness (QED) is 0.904. The second-order valence-electron chi connectivity index (χ2n) is 5.33. The highest BCUT2D eigenvalue weighted by atomic mass is 16.3. The van der Waals surface area contributed by atoms with Gasteiger partial charge in [-0.05, 0) is 31.0 Å². The molecule has 1 aliphatic carbocycles. The van der Waals surface area contributed by atoms with E-state index >= 15 is 0 Å². The van der Waals surface area contributed by atoms with Gasteiger partial charge in [0.25, 0.3) is 0 Å². The molecule has 0 aliphatic heterocycles. The average Bonchev–Trinajstić information content (AvgIpc) is 3.16. The molecule has 0 atom stereocenters. The fourth-order valence-corrected chi connectivity index (χ4v) is 2.40. The van der Waals surface area contributed by atoms with Crippen molar-refractivity contribution in [1.29, 1.82) is 0 Å². The fraction of sp³-hybridized carbons (Fsp3) is 0.429. The van der Waals surface area contributed by atoms with Gasteiger partial charge in [0, 0.05) is 19.8 Å².